The van der Waals surface area contributed by atoms with E-state index in [4.69, 9.17) is 16.0 Å². The first-order valence-corrected chi connectivity index (χ1v) is 6.71. The normalized spacial score (nSPS) is 12.6. The molecular formula is C15H17ClFNO. The molecule has 19 heavy (non-hydrogen) atoms. The predicted octanol–water partition coefficient (Wildman–Crippen LogP) is 4.27. The number of rotatable bonds is 5. The van der Waals surface area contributed by atoms with Crippen LogP contribution in [0.4, 0.5) is 4.39 Å². The summed E-state index contributed by atoms with van der Waals surface area (Å²) in [6.45, 7) is 4.80. The van der Waals surface area contributed by atoms with Crippen molar-refractivity contribution in [1.82, 2.24) is 5.32 Å². The highest BCUT2D eigenvalue weighted by Crippen LogP contribution is 2.25. The third kappa shape index (κ3) is 3.37. The Kier molecular flexibility index (Phi) is 4.61. The standard InChI is InChI=1S/C15H17ClFNO/c1-3-18-14(15-10(2)6-7-19-15)8-11-4-5-12(16)9-13(11)17/h4-7,9,14,18H,3,8H2,1-2H3. The lowest BCUT2D eigenvalue weighted by atomic mass is 10.0. The minimum absolute atomic E-state index is 0.0318. The number of aryl methyl sites for hydroxylation is 1. The average Bonchev–Trinajstić information content (AvgIpc) is 2.78. The number of hydrogen-bond acceptors (Lipinski definition) is 2. The highest BCUT2D eigenvalue weighted by atomic mass is 35.5. The van der Waals surface area contributed by atoms with Gasteiger partial charge in [-0.25, -0.2) is 4.39 Å². The van der Waals surface area contributed by atoms with Crippen LogP contribution in [0, 0.1) is 12.7 Å². The van der Waals surface area contributed by atoms with Crippen LogP contribution in [-0.4, -0.2) is 6.54 Å². The Morgan fingerprint density at radius 2 is 2.16 bits per heavy atom. The van der Waals surface area contributed by atoms with Crippen molar-refractivity contribution in [3.63, 3.8) is 0 Å². The lowest BCUT2D eigenvalue weighted by Crippen LogP contribution is -2.23. The zero-order chi connectivity index (χ0) is 13.8. The molecule has 1 aromatic heterocycles. The van der Waals surface area contributed by atoms with Crippen LogP contribution in [0.5, 0.6) is 0 Å². The zero-order valence-corrected chi connectivity index (χ0v) is 11.8. The van der Waals surface area contributed by atoms with Crippen LogP contribution in [-0.2, 0) is 6.42 Å². The smallest absolute Gasteiger partial charge is 0.127 e. The molecule has 0 aliphatic rings. The largest absolute Gasteiger partial charge is 0.467 e. The maximum atomic E-state index is 13.9. The summed E-state index contributed by atoms with van der Waals surface area (Å²) in [4.78, 5) is 0. The van der Waals surface area contributed by atoms with Gasteiger partial charge in [-0.05, 0) is 49.2 Å². The molecule has 4 heteroatoms. The fourth-order valence-electron chi connectivity index (χ4n) is 2.15. The van der Waals surface area contributed by atoms with Crippen molar-refractivity contribution < 1.29 is 8.81 Å². The molecule has 0 bridgehead atoms. The second-order valence-electron chi connectivity index (χ2n) is 4.52. The van der Waals surface area contributed by atoms with E-state index < -0.39 is 0 Å². The first kappa shape index (κ1) is 14.1. The second kappa shape index (κ2) is 6.22. The van der Waals surface area contributed by atoms with Gasteiger partial charge in [-0.2, -0.15) is 0 Å². The number of likely N-dealkylation sites (N-methyl/N-ethyl adjacent to an activating group) is 1. The molecule has 0 aliphatic carbocycles. The lowest BCUT2D eigenvalue weighted by Gasteiger charge is -2.17. The van der Waals surface area contributed by atoms with E-state index in [1.54, 1.807) is 18.4 Å². The Labute approximate surface area is 117 Å². The summed E-state index contributed by atoms with van der Waals surface area (Å²) >= 11 is 5.77. The fourth-order valence-corrected chi connectivity index (χ4v) is 2.31. The first-order valence-electron chi connectivity index (χ1n) is 6.33. The van der Waals surface area contributed by atoms with Crippen molar-refractivity contribution in [2.45, 2.75) is 26.3 Å². The van der Waals surface area contributed by atoms with Crippen LogP contribution in [0.3, 0.4) is 0 Å². The molecule has 0 aliphatic heterocycles. The van der Waals surface area contributed by atoms with Gasteiger partial charge in [0.05, 0.1) is 12.3 Å². The Bertz CT molecular complexity index is 553. The van der Waals surface area contributed by atoms with Gasteiger partial charge in [0, 0.05) is 5.02 Å². The average molecular weight is 282 g/mol. The number of halogens is 2. The summed E-state index contributed by atoms with van der Waals surface area (Å²) < 4.78 is 19.4. The molecule has 1 atom stereocenters. The highest BCUT2D eigenvalue weighted by molar-refractivity contribution is 6.30. The number of benzene rings is 1. The summed E-state index contributed by atoms with van der Waals surface area (Å²) in [6.07, 6.45) is 2.19. The van der Waals surface area contributed by atoms with E-state index in [1.807, 2.05) is 19.9 Å². The van der Waals surface area contributed by atoms with Gasteiger partial charge in [0.2, 0.25) is 0 Å². The van der Waals surface area contributed by atoms with Crippen LogP contribution in [0.1, 0.15) is 29.9 Å². The maximum absolute atomic E-state index is 13.9. The molecule has 0 fully saturated rings. The van der Waals surface area contributed by atoms with Crippen molar-refractivity contribution in [2.24, 2.45) is 0 Å². The van der Waals surface area contributed by atoms with E-state index in [0.29, 0.717) is 17.0 Å². The minimum atomic E-state index is -0.278. The van der Waals surface area contributed by atoms with Crippen LogP contribution >= 0.6 is 11.6 Å². The van der Waals surface area contributed by atoms with Gasteiger partial charge in [0.1, 0.15) is 11.6 Å². The van der Waals surface area contributed by atoms with Gasteiger partial charge in [-0.3, -0.25) is 0 Å². The molecule has 2 rings (SSSR count). The molecule has 0 saturated carbocycles. The summed E-state index contributed by atoms with van der Waals surface area (Å²) in [5.74, 6) is 0.579. The SMILES string of the molecule is CCNC(Cc1ccc(Cl)cc1F)c1occc1C. The Balaban J connectivity index is 2.24. The topological polar surface area (TPSA) is 25.2 Å². The summed E-state index contributed by atoms with van der Waals surface area (Å²) in [5.41, 5.74) is 1.70. The first-order chi connectivity index (χ1) is 9.11. The van der Waals surface area contributed by atoms with E-state index in [9.17, 15) is 4.39 Å². The third-order valence-corrected chi connectivity index (χ3v) is 3.34. The molecule has 0 spiro atoms. The van der Waals surface area contributed by atoms with Crippen LogP contribution < -0.4 is 5.32 Å². The van der Waals surface area contributed by atoms with Crippen molar-refractivity contribution in [3.05, 3.63) is 58.3 Å². The molecule has 0 saturated heterocycles. The highest BCUT2D eigenvalue weighted by Gasteiger charge is 2.18. The van der Waals surface area contributed by atoms with E-state index in [0.717, 1.165) is 17.9 Å². The minimum Gasteiger partial charge on any atom is -0.467 e. The molecule has 2 aromatic rings. The molecule has 1 unspecified atom stereocenters. The third-order valence-electron chi connectivity index (χ3n) is 3.11. The van der Waals surface area contributed by atoms with Crippen LogP contribution in [0.25, 0.3) is 0 Å². The van der Waals surface area contributed by atoms with Gasteiger partial charge in [-0.1, -0.05) is 24.6 Å². The zero-order valence-electron chi connectivity index (χ0n) is 11.0. The lowest BCUT2D eigenvalue weighted by molar-refractivity contribution is 0.410. The van der Waals surface area contributed by atoms with Gasteiger partial charge in [-0.15, -0.1) is 0 Å². The second-order valence-corrected chi connectivity index (χ2v) is 4.95. The molecule has 0 radical (unpaired) electrons. The summed E-state index contributed by atoms with van der Waals surface area (Å²) in [6, 6.07) is 6.65. The number of hydrogen-bond donors (Lipinski definition) is 1. The van der Waals surface area contributed by atoms with E-state index in [1.165, 1.54) is 6.07 Å². The molecule has 102 valence electrons. The Morgan fingerprint density at radius 3 is 2.74 bits per heavy atom. The maximum Gasteiger partial charge on any atom is 0.127 e. The van der Waals surface area contributed by atoms with E-state index in [-0.39, 0.29) is 11.9 Å². The molecule has 2 nitrogen and oxygen atoms in total. The van der Waals surface area contributed by atoms with E-state index >= 15 is 0 Å². The van der Waals surface area contributed by atoms with Gasteiger partial charge in [0.15, 0.2) is 0 Å². The molecule has 0 amide bonds. The van der Waals surface area contributed by atoms with Gasteiger partial charge >= 0.3 is 0 Å². The predicted molar refractivity (Wildman–Crippen MR) is 75.0 cm³/mol. The number of nitrogens with one attached hydrogen (secondary N) is 1. The van der Waals surface area contributed by atoms with Crippen LogP contribution in [0.15, 0.2) is 34.9 Å². The molecular weight excluding hydrogens is 265 g/mol. The number of furan rings is 1. The van der Waals surface area contributed by atoms with Crippen molar-refractivity contribution >= 4 is 11.6 Å². The van der Waals surface area contributed by atoms with E-state index in [2.05, 4.69) is 5.32 Å². The molecule has 1 heterocycles. The molecule has 1 N–H and O–H groups in total. The van der Waals surface area contributed by atoms with Gasteiger partial charge in [0.25, 0.3) is 0 Å². The van der Waals surface area contributed by atoms with Crippen molar-refractivity contribution in [1.29, 1.82) is 0 Å². The Morgan fingerprint density at radius 1 is 1.37 bits per heavy atom. The van der Waals surface area contributed by atoms with Crippen LogP contribution in [0.2, 0.25) is 5.02 Å². The van der Waals surface area contributed by atoms with Gasteiger partial charge < -0.3 is 9.73 Å². The Hall–Kier alpha value is -1.32. The quantitative estimate of drug-likeness (QED) is 0.885. The fraction of sp³-hybridized carbons (Fsp3) is 0.333. The molecule has 1 aromatic carbocycles. The van der Waals surface area contributed by atoms with Crippen molar-refractivity contribution in [3.8, 4) is 0 Å². The monoisotopic (exact) mass is 281 g/mol. The summed E-state index contributed by atoms with van der Waals surface area (Å²) in [7, 11) is 0. The summed E-state index contributed by atoms with van der Waals surface area (Å²) in [5, 5.41) is 3.74. The van der Waals surface area contributed by atoms with Crippen molar-refractivity contribution in [2.75, 3.05) is 6.54 Å².